The van der Waals surface area contributed by atoms with E-state index < -0.39 is 0 Å². The van der Waals surface area contributed by atoms with Crippen LogP contribution in [-0.2, 0) is 13.6 Å². The van der Waals surface area contributed by atoms with Crippen LogP contribution in [0.25, 0.3) is 11.0 Å². The molecule has 1 N–H and O–H groups in total. The summed E-state index contributed by atoms with van der Waals surface area (Å²) in [7, 11) is 1.91. The number of aromatic nitrogens is 4. The third-order valence-electron chi connectivity index (χ3n) is 5.08. The molecular formula is C20H26N6O. The van der Waals surface area contributed by atoms with Crippen molar-refractivity contribution in [1.82, 2.24) is 19.7 Å². The Morgan fingerprint density at radius 3 is 2.59 bits per heavy atom. The largest absolute Gasteiger partial charge is 0.395 e. The van der Waals surface area contributed by atoms with Crippen LogP contribution in [0.1, 0.15) is 24.8 Å². The number of piperidine rings is 1. The van der Waals surface area contributed by atoms with Gasteiger partial charge in [-0.3, -0.25) is 4.68 Å². The minimum absolute atomic E-state index is 0.0542. The topological polar surface area (TPSA) is 70.3 Å². The first-order valence-corrected chi connectivity index (χ1v) is 9.60. The molecule has 4 rings (SSSR count). The lowest BCUT2D eigenvalue weighted by Crippen LogP contribution is -2.32. The highest BCUT2D eigenvalue weighted by atomic mass is 16.3. The summed E-state index contributed by atoms with van der Waals surface area (Å²) in [6.45, 7) is 3.22. The Morgan fingerprint density at radius 1 is 1.07 bits per heavy atom. The molecule has 0 spiro atoms. The summed E-state index contributed by atoms with van der Waals surface area (Å²) in [6.07, 6.45) is 5.50. The molecular weight excluding hydrogens is 340 g/mol. The van der Waals surface area contributed by atoms with E-state index in [9.17, 15) is 5.11 Å². The number of anilines is 2. The Hall–Kier alpha value is -2.67. The number of hydrogen-bond acceptors (Lipinski definition) is 6. The predicted octanol–water partition coefficient (Wildman–Crippen LogP) is 2.35. The second-order valence-electron chi connectivity index (χ2n) is 7.03. The van der Waals surface area contributed by atoms with Gasteiger partial charge in [-0.25, -0.2) is 0 Å². The van der Waals surface area contributed by atoms with Gasteiger partial charge in [0.25, 0.3) is 0 Å². The molecule has 0 atom stereocenters. The van der Waals surface area contributed by atoms with E-state index in [1.165, 1.54) is 24.8 Å². The van der Waals surface area contributed by atoms with Crippen molar-refractivity contribution in [2.75, 3.05) is 36.0 Å². The summed E-state index contributed by atoms with van der Waals surface area (Å²) in [5.74, 6) is 1.60. The molecule has 27 heavy (non-hydrogen) atoms. The molecule has 1 aromatic carbocycles. The Labute approximate surface area is 159 Å². The number of hydrogen-bond donors (Lipinski definition) is 1. The molecule has 0 saturated carbocycles. The van der Waals surface area contributed by atoms with E-state index in [-0.39, 0.29) is 6.61 Å². The van der Waals surface area contributed by atoms with Crippen LogP contribution >= 0.6 is 0 Å². The van der Waals surface area contributed by atoms with Gasteiger partial charge in [0.2, 0.25) is 5.95 Å². The second-order valence-corrected chi connectivity index (χ2v) is 7.03. The van der Waals surface area contributed by atoms with Crippen molar-refractivity contribution < 1.29 is 5.11 Å². The van der Waals surface area contributed by atoms with Crippen molar-refractivity contribution >= 4 is 22.8 Å². The summed E-state index contributed by atoms with van der Waals surface area (Å²) in [4.78, 5) is 14.1. The molecule has 2 aromatic heterocycles. The van der Waals surface area contributed by atoms with Crippen molar-refractivity contribution in [3.63, 3.8) is 0 Å². The fraction of sp³-hybridized carbons (Fsp3) is 0.450. The van der Waals surface area contributed by atoms with Crippen molar-refractivity contribution in [1.29, 1.82) is 0 Å². The second kappa shape index (κ2) is 7.92. The molecule has 1 aliphatic rings. The third kappa shape index (κ3) is 3.73. The van der Waals surface area contributed by atoms with Gasteiger partial charge in [0, 0.05) is 33.2 Å². The number of aliphatic hydroxyl groups excluding tert-OH is 1. The Kier molecular flexibility index (Phi) is 5.20. The molecule has 3 heterocycles. The van der Waals surface area contributed by atoms with Gasteiger partial charge in [0.15, 0.2) is 5.65 Å². The molecule has 1 aliphatic heterocycles. The van der Waals surface area contributed by atoms with Crippen molar-refractivity contribution in [2.24, 2.45) is 7.05 Å². The average Bonchev–Trinajstić information content (AvgIpc) is 3.09. The standard InChI is InChI=1S/C20H26N6O/c1-24-18-17(14-21-24)19(25-10-6-3-7-11-25)23-20(22-18)26(12-13-27)15-16-8-4-2-5-9-16/h2,4-5,8-9,14,27H,3,6-7,10-13,15H2,1H3. The molecule has 1 saturated heterocycles. The molecule has 3 aromatic rings. The van der Waals surface area contributed by atoms with E-state index in [2.05, 4.69) is 22.1 Å². The van der Waals surface area contributed by atoms with E-state index >= 15 is 0 Å². The van der Waals surface area contributed by atoms with Gasteiger partial charge < -0.3 is 14.9 Å². The smallest absolute Gasteiger partial charge is 0.229 e. The summed E-state index contributed by atoms with van der Waals surface area (Å²) in [5, 5.41) is 15.0. The Morgan fingerprint density at radius 2 is 1.85 bits per heavy atom. The highest BCUT2D eigenvalue weighted by Gasteiger charge is 2.21. The molecule has 0 unspecified atom stereocenters. The van der Waals surface area contributed by atoms with Gasteiger partial charge in [-0.05, 0) is 24.8 Å². The molecule has 0 amide bonds. The SMILES string of the molecule is Cn1ncc2c(N3CCCCC3)nc(N(CCO)Cc3ccccc3)nc21. The van der Waals surface area contributed by atoms with E-state index in [0.29, 0.717) is 19.0 Å². The first-order chi connectivity index (χ1) is 13.3. The first kappa shape index (κ1) is 17.7. The molecule has 0 radical (unpaired) electrons. The van der Waals surface area contributed by atoms with Crippen LogP contribution in [0.5, 0.6) is 0 Å². The van der Waals surface area contributed by atoms with Gasteiger partial charge in [-0.15, -0.1) is 0 Å². The van der Waals surface area contributed by atoms with Crippen LogP contribution in [0.4, 0.5) is 11.8 Å². The summed E-state index contributed by atoms with van der Waals surface area (Å²) in [5.41, 5.74) is 2.00. The molecule has 142 valence electrons. The monoisotopic (exact) mass is 366 g/mol. The average molecular weight is 366 g/mol. The maximum atomic E-state index is 9.60. The van der Waals surface area contributed by atoms with Crippen LogP contribution in [-0.4, -0.2) is 51.1 Å². The van der Waals surface area contributed by atoms with Crippen molar-refractivity contribution in [3.05, 3.63) is 42.1 Å². The zero-order chi connectivity index (χ0) is 18.6. The highest BCUT2D eigenvalue weighted by Crippen LogP contribution is 2.28. The molecule has 1 fully saturated rings. The normalized spacial score (nSPS) is 14.7. The maximum absolute atomic E-state index is 9.60. The summed E-state index contributed by atoms with van der Waals surface area (Å²) >= 11 is 0. The van der Waals surface area contributed by atoms with Gasteiger partial charge in [-0.1, -0.05) is 30.3 Å². The minimum Gasteiger partial charge on any atom is -0.395 e. The lowest BCUT2D eigenvalue weighted by atomic mass is 10.1. The zero-order valence-electron chi connectivity index (χ0n) is 15.8. The number of rotatable bonds is 6. The van der Waals surface area contributed by atoms with Gasteiger partial charge in [0.05, 0.1) is 18.2 Å². The number of aliphatic hydroxyl groups is 1. The van der Waals surface area contributed by atoms with E-state index in [1.54, 1.807) is 4.68 Å². The zero-order valence-corrected chi connectivity index (χ0v) is 15.8. The number of fused-ring (bicyclic) bond motifs is 1. The Bertz CT molecular complexity index is 888. The van der Waals surface area contributed by atoms with Crippen LogP contribution in [0.3, 0.4) is 0 Å². The lowest BCUT2D eigenvalue weighted by Gasteiger charge is -2.29. The fourth-order valence-corrected chi connectivity index (χ4v) is 3.66. The van der Waals surface area contributed by atoms with Crippen molar-refractivity contribution in [2.45, 2.75) is 25.8 Å². The van der Waals surface area contributed by atoms with E-state index in [1.807, 2.05) is 36.3 Å². The number of nitrogens with zero attached hydrogens (tertiary/aromatic N) is 6. The maximum Gasteiger partial charge on any atom is 0.229 e. The number of benzene rings is 1. The van der Waals surface area contributed by atoms with Gasteiger partial charge >= 0.3 is 0 Å². The predicted molar refractivity (Wildman–Crippen MR) is 107 cm³/mol. The van der Waals surface area contributed by atoms with Crippen LogP contribution in [0.15, 0.2) is 36.5 Å². The quantitative estimate of drug-likeness (QED) is 0.722. The van der Waals surface area contributed by atoms with E-state index in [4.69, 9.17) is 9.97 Å². The van der Waals surface area contributed by atoms with Crippen LogP contribution in [0, 0.1) is 0 Å². The summed E-state index contributed by atoms with van der Waals surface area (Å²) in [6, 6.07) is 10.2. The fourth-order valence-electron chi connectivity index (χ4n) is 3.66. The molecule has 7 nitrogen and oxygen atoms in total. The van der Waals surface area contributed by atoms with Crippen molar-refractivity contribution in [3.8, 4) is 0 Å². The third-order valence-corrected chi connectivity index (χ3v) is 5.08. The molecule has 0 aliphatic carbocycles. The van der Waals surface area contributed by atoms with Crippen LogP contribution in [0.2, 0.25) is 0 Å². The summed E-state index contributed by atoms with van der Waals surface area (Å²) < 4.78 is 1.80. The molecule has 7 heteroatoms. The van der Waals surface area contributed by atoms with E-state index in [0.717, 1.165) is 29.9 Å². The van der Waals surface area contributed by atoms with Crippen LogP contribution < -0.4 is 9.80 Å². The Balaban J connectivity index is 1.75. The lowest BCUT2D eigenvalue weighted by molar-refractivity contribution is 0.301. The van der Waals surface area contributed by atoms with Gasteiger partial charge in [-0.2, -0.15) is 15.1 Å². The van der Waals surface area contributed by atoms with Gasteiger partial charge in [0.1, 0.15) is 5.82 Å². The first-order valence-electron chi connectivity index (χ1n) is 9.60. The minimum atomic E-state index is 0.0542. The number of aryl methyl sites for hydroxylation is 1. The molecule has 0 bridgehead atoms. The highest BCUT2D eigenvalue weighted by molar-refractivity contribution is 5.88.